The van der Waals surface area contributed by atoms with Gasteiger partial charge in [0.1, 0.15) is 5.84 Å². The number of sulfonamides is 1. The Morgan fingerprint density at radius 3 is 2.04 bits per heavy atom. The lowest BCUT2D eigenvalue weighted by Gasteiger charge is -2.23. The summed E-state index contributed by atoms with van der Waals surface area (Å²) in [6.45, 7) is 7.15. The Bertz CT molecular complexity index is 809. The van der Waals surface area contributed by atoms with Crippen molar-refractivity contribution in [3.63, 3.8) is 0 Å². The summed E-state index contributed by atoms with van der Waals surface area (Å²) in [5.74, 6) is 0.428. The molecule has 0 aliphatic heterocycles. The van der Waals surface area contributed by atoms with E-state index in [1.54, 1.807) is 48.5 Å². The van der Waals surface area contributed by atoms with Crippen molar-refractivity contribution >= 4 is 27.5 Å². The number of aryl methyl sites for hydroxylation is 1. The van der Waals surface area contributed by atoms with E-state index in [9.17, 15) is 8.42 Å². The normalized spacial score (nSPS) is 12.2. The van der Waals surface area contributed by atoms with Gasteiger partial charge < -0.3 is 4.90 Å². The van der Waals surface area contributed by atoms with Crippen LogP contribution >= 0.6 is 11.6 Å². The second kappa shape index (κ2) is 7.81. The van der Waals surface area contributed by atoms with Crippen molar-refractivity contribution in [1.82, 2.24) is 4.90 Å². The summed E-state index contributed by atoms with van der Waals surface area (Å²) in [4.78, 5) is 2.10. The number of benzene rings is 2. The summed E-state index contributed by atoms with van der Waals surface area (Å²) in [7, 11) is -3.79. The molecule has 0 radical (unpaired) electrons. The lowest BCUT2D eigenvalue weighted by molar-refractivity contribution is 0.467. The predicted molar refractivity (Wildman–Crippen MR) is 99.3 cm³/mol. The second-order valence-corrected chi connectivity index (χ2v) is 7.42. The Morgan fingerprint density at radius 2 is 1.54 bits per heavy atom. The zero-order valence-electron chi connectivity index (χ0n) is 14.0. The fourth-order valence-electron chi connectivity index (χ4n) is 2.29. The van der Waals surface area contributed by atoms with E-state index in [2.05, 4.69) is 4.40 Å². The monoisotopic (exact) mass is 364 g/mol. The van der Waals surface area contributed by atoms with Gasteiger partial charge in [-0.15, -0.1) is 4.40 Å². The van der Waals surface area contributed by atoms with Crippen LogP contribution in [0.3, 0.4) is 0 Å². The maximum atomic E-state index is 12.7. The van der Waals surface area contributed by atoms with Gasteiger partial charge in [-0.05, 0) is 57.2 Å². The molecule has 0 spiro atoms. The summed E-state index contributed by atoms with van der Waals surface area (Å²) in [5, 5.41) is 0.596. The van der Waals surface area contributed by atoms with Gasteiger partial charge in [0.05, 0.1) is 4.90 Å². The SMILES string of the molecule is CCN(CC)C(=NS(=O)(=O)c1ccc(C)cc1)c1ccc(Cl)cc1. The molecule has 0 heterocycles. The molecule has 0 aromatic heterocycles. The van der Waals surface area contributed by atoms with Crippen LogP contribution in [0.15, 0.2) is 57.8 Å². The molecule has 2 aromatic carbocycles. The lowest BCUT2D eigenvalue weighted by Crippen LogP contribution is -2.32. The van der Waals surface area contributed by atoms with Crippen LogP contribution in [0.1, 0.15) is 25.0 Å². The third-order valence-corrected chi connectivity index (χ3v) is 5.22. The maximum absolute atomic E-state index is 12.7. The van der Waals surface area contributed by atoms with Crippen LogP contribution in [-0.4, -0.2) is 32.2 Å². The Hall–Kier alpha value is -1.85. The largest absolute Gasteiger partial charge is 0.356 e. The Morgan fingerprint density at radius 1 is 1.00 bits per heavy atom. The van der Waals surface area contributed by atoms with Crippen LogP contribution in [0.2, 0.25) is 5.02 Å². The standard InChI is InChI=1S/C18H21ClN2O2S/c1-4-21(5-2)18(15-8-10-16(19)11-9-15)20-24(22,23)17-12-6-14(3)7-13-17/h6-13H,4-5H2,1-3H3. The fraction of sp³-hybridized carbons (Fsp3) is 0.278. The number of nitrogens with zero attached hydrogens (tertiary/aromatic N) is 2. The minimum atomic E-state index is -3.79. The molecule has 0 atom stereocenters. The third kappa shape index (κ3) is 4.36. The molecule has 0 unspecified atom stereocenters. The molecule has 0 saturated heterocycles. The molecular weight excluding hydrogens is 344 g/mol. The summed E-state index contributed by atoms with van der Waals surface area (Å²) < 4.78 is 29.5. The van der Waals surface area contributed by atoms with E-state index in [4.69, 9.17) is 11.6 Å². The molecule has 0 aliphatic carbocycles. The van der Waals surface area contributed by atoms with Crippen molar-refractivity contribution in [2.45, 2.75) is 25.7 Å². The van der Waals surface area contributed by atoms with Gasteiger partial charge in [0.15, 0.2) is 0 Å². The first-order valence-corrected chi connectivity index (χ1v) is 9.61. The smallest absolute Gasteiger partial charge is 0.284 e. The van der Waals surface area contributed by atoms with E-state index < -0.39 is 10.0 Å². The number of rotatable bonds is 5. The zero-order chi connectivity index (χ0) is 17.7. The number of hydrogen-bond donors (Lipinski definition) is 0. The molecule has 4 nitrogen and oxygen atoms in total. The minimum absolute atomic E-state index is 0.187. The predicted octanol–water partition coefficient (Wildman–Crippen LogP) is 4.13. The topological polar surface area (TPSA) is 49.7 Å². The zero-order valence-corrected chi connectivity index (χ0v) is 15.6. The molecule has 0 bridgehead atoms. The molecule has 0 fully saturated rings. The van der Waals surface area contributed by atoms with Gasteiger partial charge >= 0.3 is 0 Å². The maximum Gasteiger partial charge on any atom is 0.284 e. The van der Waals surface area contributed by atoms with Gasteiger partial charge in [0.25, 0.3) is 10.0 Å². The average Bonchev–Trinajstić information content (AvgIpc) is 2.56. The first-order chi connectivity index (χ1) is 11.4. The summed E-state index contributed by atoms with van der Waals surface area (Å²) in [6.07, 6.45) is 0. The third-order valence-electron chi connectivity index (χ3n) is 3.69. The van der Waals surface area contributed by atoms with Crippen molar-refractivity contribution in [1.29, 1.82) is 0 Å². The molecule has 0 aliphatic rings. The highest BCUT2D eigenvalue weighted by Gasteiger charge is 2.18. The first kappa shape index (κ1) is 18.5. The van der Waals surface area contributed by atoms with Crippen LogP contribution in [0.25, 0.3) is 0 Å². The Kier molecular flexibility index (Phi) is 6.02. The average molecular weight is 365 g/mol. The highest BCUT2D eigenvalue weighted by molar-refractivity contribution is 7.90. The van der Waals surface area contributed by atoms with Crippen LogP contribution < -0.4 is 0 Å². The van der Waals surface area contributed by atoms with Crippen molar-refractivity contribution in [3.8, 4) is 0 Å². The van der Waals surface area contributed by atoms with Gasteiger partial charge in [-0.1, -0.05) is 29.3 Å². The van der Waals surface area contributed by atoms with Gasteiger partial charge in [-0.3, -0.25) is 0 Å². The van der Waals surface area contributed by atoms with E-state index in [0.717, 1.165) is 11.1 Å². The molecule has 128 valence electrons. The number of amidine groups is 1. The molecule has 0 amide bonds. The second-order valence-electron chi connectivity index (χ2n) is 5.38. The number of halogens is 1. The highest BCUT2D eigenvalue weighted by Crippen LogP contribution is 2.18. The molecule has 0 N–H and O–H groups in total. The van der Waals surface area contributed by atoms with Crippen LogP contribution in [0.5, 0.6) is 0 Å². The minimum Gasteiger partial charge on any atom is -0.356 e. The quantitative estimate of drug-likeness (QED) is 0.592. The highest BCUT2D eigenvalue weighted by atomic mass is 35.5. The van der Waals surface area contributed by atoms with Crippen LogP contribution in [-0.2, 0) is 10.0 Å². The van der Waals surface area contributed by atoms with Crippen molar-refractivity contribution in [2.75, 3.05) is 13.1 Å². The molecule has 0 saturated carbocycles. The van der Waals surface area contributed by atoms with E-state index >= 15 is 0 Å². The molecule has 2 aromatic rings. The summed E-state index contributed by atoms with van der Waals surface area (Å²) in [5.41, 5.74) is 1.72. The summed E-state index contributed by atoms with van der Waals surface area (Å²) >= 11 is 5.94. The van der Waals surface area contributed by atoms with E-state index in [-0.39, 0.29) is 4.90 Å². The molecule has 24 heavy (non-hydrogen) atoms. The number of hydrogen-bond acceptors (Lipinski definition) is 2. The lowest BCUT2D eigenvalue weighted by atomic mass is 10.2. The van der Waals surface area contributed by atoms with Crippen molar-refractivity contribution < 1.29 is 8.42 Å². The van der Waals surface area contributed by atoms with Crippen LogP contribution in [0.4, 0.5) is 0 Å². The van der Waals surface area contributed by atoms with E-state index in [0.29, 0.717) is 23.9 Å². The van der Waals surface area contributed by atoms with Crippen molar-refractivity contribution in [2.24, 2.45) is 4.40 Å². The van der Waals surface area contributed by atoms with Gasteiger partial charge in [-0.25, -0.2) is 0 Å². The van der Waals surface area contributed by atoms with Gasteiger partial charge in [0, 0.05) is 23.7 Å². The first-order valence-electron chi connectivity index (χ1n) is 7.80. The van der Waals surface area contributed by atoms with Crippen LogP contribution in [0, 0.1) is 6.92 Å². The van der Waals surface area contributed by atoms with Crippen molar-refractivity contribution in [3.05, 3.63) is 64.7 Å². The molecular formula is C18H21ClN2O2S. The Labute approximate surface area is 148 Å². The van der Waals surface area contributed by atoms with E-state index in [1.165, 1.54) is 0 Å². The summed E-state index contributed by atoms with van der Waals surface area (Å²) in [6, 6.07) is 13.7. The van der Waals surface area contributed by atoms with E-state index in [1.807, 2.05) is 25.7 Å². The fourth-order valence-corrected chi connectivity index (χ4v) is 3.45. The molecule has 2 rings (SSSR count). The Balaban J connectivity index is 2.54. The van der Waals surface area contributed by atoms with Gasteiger partial charge in [0.2, 0.25) is 0 Å². The van der Waals surface area contributed by atoms with Gasteiger partial charge in [-0.2, -0.15) is 8.42 Å². The molecule has 6 heteroatoms.